The first-order valence-electron chi connectivity index (χ1n) is 9.76. The molecule has 1 heterocycles. The van der Waals surface area contributed by atoms with Crippen molar-refractivity contribution in [2.45, 2.75) is 4.90 Å². The highest BCUT2D eigenvalue weighted by molar-refractivity contribution is 7.90. The number of piperazine rings is 1. The number of hydrogen-bond donors (Lipinski definition) is 1. The molecule has 0 unspecified atom stereocenters. The molecule has 1 saturated heterocycles. The van der Waals surface area contributed by atoms with Crippen molar-refractivity contribution in [3.63, 3.8) is 0 Å². The topological polar surface area (TPSA) is 105 Å². The molecule has 1 aliphatic rings. The number of rotatable bonds is 9. The number of nitrogens with one attached hydrogen (secondary N) is 1. The van der Waals surface area contributed by atoms with Gasteiger partial charge in [-0.25, -0.2) is 21.6 Å². The smallest absolute Gasteiger partial charge is 0.240 e. The lowest BCUT2D eigenvalue weighted by Crippen LogP contribution is -2.50. The summed E-state index contributed by atoms with van der Waals surface area (Å²) in [5.74, 6) is 0.970. The molecule has 0 amide bonds. The highest BCUT2D eigenvalue weighted by Gasteiger charge is 2.28. The van der Waals surface area contributed by atoms with Crippen LogP contribution in [0.1, 0.15) is 0 Å². The minimum atomic E-state index is -3.80. The molecular formula is C20H27N3O6S2. The quantitative estimate of drug-likeness (QED) is 0.587. The van der Waals surface area contributed by atoms with Gasteiger partial charge >= 0.3 is 0 Å². The molecular weight excluding hydrogens is 442 g/mol. The zero-order valence-corrected chi connectivity index (χ0v) is 19.2. The van der Waals surface area contributed by atoms with Crippen LogP contribution >= 0.6 is 0 Å². The molecule has 11 heteroatoms. The summed E-state index contributed by atoms with van der Waals surface area (Å²) in [7, 11) is -4.30. The molecule has 1 aliphatic heterocycles. The van der Waals surface area contributed by atoms with E-state index in [4.69, 9.17) is 9.47 Å². The van der Waals surface area contributed by atoms with E-state index in [1.165, 1.54) is 35.7 Å². The Hall–Kier alpha value is -2.34. The SMILES string of the molecule is COc1ccc(S(=O)(=O)NCCS(=O)(=O)N2CCN(c3ccccc3OC)CC2)cc1. The summed E-state index contributed by atoms with van der Waals surface area (Å²) < 4.78 is 64.3. The first-order valence-corrected chi connectivity index (χ1v) is 12.9. The van der Waals surface area contributed by atoms with Gasteiger partial charge in [-0.1, -0.05) is 12.1 Å². The number of nitrogens with zero attached hydrogens (tertiary/aromatic N) is 2. The van der Waals surface area contributed by atoms with Crippen LogP contribution < -0.4 is 19.1 Å². The Balaban J connectivity index is 1.54. The van der Waals surface area contributed by atoms with Crippen LogP contribution in [0.2, 0.25) is 0 Å². The molecule has 1 fully saturated rings. The highest BCUT2D eigenvalue weighted by Crippen LogP contribution is 2.28. The van der Waals surface area contributed by atoms with Gasteiger partial charge in [0.05, 0.1) is 30.6 Å². The summed E-state index contributed by atoms with van der Waals surface area (Å²) in [6.45, 7) is 1.50. The summed E-state index contributed by atoms with van der Waals surface area (Å²) in [5.41, 5.74) is 0.925. The van der Waals surface area contributed by atoms with Crippen LogP contribution in [0.3, 0.4) is 0 Å². The number of methoxy groups -OCH3 is 2. The lowest BCUT2D eigenvalue weighted by Gasteiger charge is -2.35. The number of para-hydroxylation sites is 2. The van der Waals surface area contributed by atoms with Crippen LogP contribution in [0, 0.1) is 0 Å². The van der Waals surface area contributed by atoms with Crippen molar-refractivity contribution in [1.82, 2.24) is 9.03 Å². The van der Waals surface area contributed by atoms with E-state index in [2.05, 4.69) is 9.62 Å². The number of benzene rings is 2. The van der Waals surface area contributed by atoms with E-state index >= 15 is 0 Å². The average molecular weight is 470 g/mol. The van der Waals surface area contributed by atoms with Gasteiger partial charge in [0.2, 0.25) is 20.0 Å². The number of sulfonamides is 2. The van der Waals surface area contributed by atoms with E-state index < -0.39 is 20.0 Å². The molecule has 1 N–H and O–H groups in total. The zero-order chi connectivity index (χ0) is 22.5. The predicted octanol–water partition coefficient (Wildman–Crippen LogP) is 1.13. The highest BCUT2D eigenvalue weighted by atomic mass is 32.2. The maximum atomic E-state index is 12.7. The first kappa shape index (κ1) is 23.3. The van der Waals surface area contributed by atoms with E-state index in [-0.39, 0.29) is 17.2 Å². The van der Waals surface area contributed by atoms with Crippen molar-refractivity contribution < 1.29 is 26.3 Å². The van der Waals surface area contributed by atoms with Gasteiger partial charge in [-0.15, -0.1) is 0 Å². The van der Waals surface area contributed by atoms with E-state index in [1.807, 2.05) is 24.3 Å². The molecule has 0 atom stereocenters. The van der Waals surface area contributed by atoms with Crippen LogP contribution in [0.5, 0.6) is 11.5 Å². The van der Waals surface area contributed by atoms with E-state index in [1.54, 1.807) is 7.11 Å². The van der Waals surface area contributed by atoms with Gasteiger partial charge in [0.25, 0.3) is 0 Å². The molecule has 9 nitrogen and oxygen atoms in total. The van der Waals surface area contributed by atoms with Crippen molar-refractivity contribution in [1.29, 1.82) is 0 Å². The van der Waals surface area contributed by atoms with Crippen LogP contribution in [0.4, 0.5) is 5.69 Å². The Morgan fingerprint density at radius 2 is 1.52 bits per heavy atom. The van der Waals surface area contributed by atoms with Crippen LogP contribution in [0.25, 0.3) is 0 Å². The predicted molar refractivity (Wildman–Crippen MR) is 119 cm³/mol. The van der Waals surface area contributed by atoms with Gasteiger partial charge in [0, 0.05) is 32.7 Å². The van der Waals surface area contributed by atoms with Gasteiger partial charge in [-0.2, -0.15) is 4.31 Å². The van der Waals surface area contributed by atoms with E-state index in [0.717, 1.165) is 11.4 Å². The van der Waals surface area contributed by atoms with E-state index in [0.29, 0.717) is 31.9 Å². The fourth-order valence-electron chi connectivity index (χ4n) is 3.37. The zero-order valence-electron chi connectivity index (χ0n) is 17.5. The van der Waals surface area contributed by atoms with Gasteiger partial charge in [-0.3, -0.25) is 0 Å². The first-order chi connectivity index (χ1) is 14.8. The Morgan fingerprint density at radius 3 is 2.13 bits per heavy atom. The summed E-state index contributed by atoms with van der Waals surface area (Å²) in [5, 5.41) is 0. The summed E-state index contributed by atoms with van der Waals surface area (Å²) in [6.07, 6.45) is 0. The second-order valence-corrected chi connectivity index (χ2v) is 10.8. The van der Waals surface area contributed by atoms with Gasteiger partial charge in [0.15, 0.2) is 0 Å². The van der Waals surface area contributed by atoms with Crippen molar-refractivity contribution >= 4 is 25.7 Å². The lowest BCUT2D eigenvalue weighted by atomic mass is 10.2. The lowest BCUT2D eigenvalue weighted by molar-refractivity contribution is 0.378. The van der Waals surface area contributed by atoms with Crippen LogP contribution in [-0.2, 0) is 20.0 Å². The Kier molecular flexibility index (Phi) is 7.42. The number of hydrogen-bond acceptors (Lipinski definition) is 7. The normalized spacial score (nSPS) is 15.6. The fraction of sp³-hybridized carbons (Fsp3) is 0.400. The largest absolute Gasteiger partial charge is 0.497 e. The second-order valence-electron chi connectivity index (χ2n) is 6.95. The number of ether oxygens (including phenoxy) is 2. The Labute approximate surface area is 183 Å². The molecule has 3 rings (SSSR count). The summed E-state index contributed by atoms with van der Waals surface area (Å²) in [4.78, 5) is 2.13. The van der Waals surface area contributed by atoms with Crippen molar-refractivity contribution in [2.75, 3.05) is 57.6 Å². The second kappa shape index (κ2) is 9.86. The number of anilines is 1. The third kappa shape index (κ3) is 5.67. The molecule has 0 aromatic heterocycles. The molecule has 2 aromatic rings. The van der Waals surface area contributed by atoms with Crippen molar-refractivity contribution in [3.05, 3.63) is 48.5 Å². The maximum Gasteiger partial charge on any atom is 0.240 e. The monoisotopic (exact) mass is 469 g/mol. The Bertz CT molecular complexity index is 1080. The third-order valence-corrected chi connectivity index (χ3v) is 8.43. The van der Waals surface area contributed by atoms with Crippen LogP contribution in [-0.4, -0.2) is 73.8 Å². The standard InChI is InChI=1S/C20H27N3O6S2/c1-28-17-7-9-18(10-8-17)31(26,27)21-11-16-30(24,25)23-14-12-22(13-15-23)19-5-3-4-6-20(19)29-2/h3-10,21H,11-16H2,1-2H3. The fourth-order valence-corrected chi connectivity index (χ4v) is 5.87. The summed E-state index contributed by atoms with van der Waals surface area (Å²) >= 11 is 0. The van der Waals surface area contributed by atoms with Crippen LogP contribution in [0.15, 0.2) is 53.4 Å². The van der Waals surface area contributed by atoms with Gasteiger partial charge < -0.3 is 14.4 Å². The molecule has 0 spiro atoms. The van der Waals surface area contributed by atoms with Crippen molar-refractivity contribution in [3.8, 4) is 11.5 Å². The summed E-state index contributed by atoms with van der Waals surface area (Å²) in [6, 6.07) is 13.5. The molecule has 0 aliphatic carbocycles. The van der Waals surface area contributed by atoms with Crippen molar-refractivity contribution in [2.24, 2.45) is 0 Å². The minimum absolute atomic E-state index is 0.0520. The third-order valence-electron chi connectivity index (χ3n) is 5.08. The average Bonchev–Trinajstić information content (AvgIpc) is 2.79. The molecule has 2 aromatic carbocycles. The molecule has 0 bridgehead atoms. The molecule has 31 heavy (non-hydrogen) atoms. The van der Waals surface area contributed by atoms with Gasteiger partial charge in [0.1, 0.15) is 11.5 Å². The Morgan fingerprint density at radius 1 is 0.871 bits per heavy atom. The molecule has 0 radical (unpaired) electrons. The maximum absolute atomic E-state index is 12.7. The molecule has 0 saturated carbocycles. The minimum Gasteiger partial charge on any atom is -0.497 e. The van der Waals surface area contributed by atoms with Gasteiger partial charge in [-0.05, 0) is 36.4 Å². The van der Waals surface area contributed by atoms with E-state index in [9.17, 15) is 16.8 Å². The molecule has 170 valence electrons.